The summed E-state index contributed by atoms with van der Waals surface area (Å²) < 4.78 is 13.0. The molecule has 2 rings (SSSR count). The molecule has 1 N–H and O–H groups in total. The smallest absolute Gasteiger partial charge is 0.234 e. The highest BCUT2D eigenvalue weighted by molar-refractivity contribution is 5.78. The molecule has 4 nitrogen and oxygen atoms in total. The molecule has 23 heavy (non-hydrogen) atoms. The van der Waals surface area contributed by atoms with Gasteiger partial charge in [0.2, 0.25) is 5.91 Å². The number of nitrogens with zero attached hydrogens (tertiary/aromatic N) is 2. The van der Waals surface area contributed by atoms with E-state index < -0.39 is 0 Å². The van der Waals surface area contributed by atoms with Gasteiger partial charge in [-0.05, 0) is 58.0 Å². The van der Waals surface area contributed by atoms with E-state index in [0.717, 1.165) is 44.7 Å². The molecule has 1 saturated heterocycles. The molecule has 1 aromatic rings. The Hall–Kier alpha value is -1.46. The number of halogens is 1. The highest BCUT2D eigenvalue weighted by atomic mass is 19.1. The van der Waals surface area contributed by atoms with E-state index in [-0.39, 0.29) is 17.3 Å². The third kappa shape index (κ3) is 6.67. The molecular weight excluding hydrogens is 293 g/mol. The number of carbonyl (C=O) groups excluding carboxylic acids is 1. The van der Waals surface area contributed by atoms with Crippen LogP contribution < -0.4 is 5.32 Å². The molecule has 0 radical (unpaired) electrons. The van der Waals surface area contributed by atoms with Crippen molar-refractivity contribution in [2.45, 2.75) is 39.3 Å². The van der Waals surface area contributed by atoms with Crippen LogP contribution in [0.1, 0.15) is 32.8 Å². The van der Waals surface area contributed by atoms with Crippen molar-refractivity contribution in [1.82, 2.24) is 15.1 Å². The highest BCUT2D eigenvalue weighted by Crippen LogP contribution is 2.10. The van der Waals surface area contributed by atoms with Gasteiger partial charge in [0.05, 0.1) is 6.54 Å². The Morgan fingerprint density at radius 1 is 1.09 bits per heavy atom. The SMILES string of the molecule is CC(C)(C)NC(=O)CN1CCCN(Cc2ccc(F)cc2)CC1. The Bertz CT molecular complexity index is 510. The van der Waals surface area contributed by atoms with E-state index in [2.05, 4.69) is 15.1 Å². The number of carbonyl (C=O) groups is 1. The maximum atomic E-state index is 13.0. The van der Waals surface area contributed by atoms with E-state index in [1.807, 2.05) is 32.9 Å². The van der Waals surface area contributed by atoms with Crippen LogP contribution in [-0.4, -0.2) is 54.0 Å². The third-order valence-corrected chi connectivity index (χ3v) is 3.88. The molecule has 0 bridgehead atoms. The molecule has 1 aliphatic rings. The highest BCUT2D eigenvalue weighted by Gasteiger charge is 2.19. The first-order valence-corrected chi connectivity index (χ1v) is 8.32. The molecule has 0 unspecified atom stereocenters. The van der Waals surface area contributed by atoms with Crippen LogP contribution in [0.25, 0.3) is 0 Å². The maximum Gasteiger partial charge on any atom is 0.234 e. The van der Waals surface area contributed by atoms with Crippen LogP contribution in [0.4, 0.5) is 4.39 Å². The quantitative estimate of drug-likeness (QED) is 0.924. The van der Waals surface area contributed by atoms with Crippen molar-refractivity contribution < 1.29 is 9.18 Å². The van der Waals surface area contributed by atoms with E-state index >= 15 is 0 Å². The van der Waals surface area contributed by atoms with Crippen molar-refractivity contribution in [2.24, 2.45) is 0 Å². The van der Waals surface area contributed by atoms with Gasteiger partial charge in [-0.3, -0.25) is 14.6 Å². The molecule has 1 aromatic carbocycles. The second kappa shape index (κ2) is 7.88. The Balaban J connectivity index is 1.80. The Morgan fingerprint density at radius 3 is 2.35 bits per heavy atom. The van der Waals surface area contributed by atoms with E-state index in [4.69, 9.17) is 0 Å². The number of benzene rings is 1. The summed E-state index contributed by atoms with van der Waals surface area (Å²) in [5, 5.41) is 3.01. The molecule has 0 saturated carbocycles. The lowest BCUT2D eigenvalue weighted by molar-refractivity contribution is -0.123. The molecule has 1 amide bonds. The van der Waals surface area contributed by atoms with Gasteiger partial charge in [-0.1, -0.05) is 12.1 Å². The van der Waals surface area contributed by atoms with E-state index in [0.29, 0.717) is 6.54 Å². The standard InChI is InChI=1S/C18H28FN3O/c1-18(2,3)20-17(23)14-22-10-4-9-21(11-12-22)13-15-5-7-16(19)8-6-15/h5-8H,4,9-14H2,1-3H3,(H,20,23). The first-order chi connectivity index (χ1) is 10.8. The van der Waals surface area contributed by atoms with Gasteiger partial charge < -0.3 is 5.32 Å². The summed E-state index contributed by atoms with van der Waals surface area (Å²) in [7, 11) is 0. The van der Waals surface area contributed by atoms with Crippen LogP contribution in [0.2, 0.25) is 0 Å². The minimum Gasteiger partial charge on any atom is -0.350 e. The minimum absolute atomic E-state index is 0.0875. The number of hydrogen-bond acceptors (Lipinski definition) is 3. The summed E-state index contributed by atoms with van der Waals surface area (Å²) in [6.07, 6.45) is 1.05. The first kappa shape index (κ1) is 17.9. The summed E-state index contributed by atoms with van der Waals surface area (Å²) >= 11 is 0. The topological polar surface area (TPSA) is 35.6 Å². The molecule has 5 heteroatoms. The summed E-state index contributed by atoms with van der Waals surface area (Å²) in [4.78, 5) is 16.6. The fourth-order valence-corrected chi connectivity index (χ4v) is 2.85. The lowest BCUT2D eigenvalue weighted by Gasteiger charge is -2.25. The van der Waals surface area contributed by atoms with Crippen molar-refractivity contribution in [3.05, 3.63) is 35.6 Å². The number of hydrogen-bond donors (Lipinski definition) is 1. The van der Waals surface area contributed by atoms with Crippen LogP contribution in [0.15, 0.2) is 24.3 Å². The zero-order valence-electron chi connectivity index (χ0n) is 14.4. The average Bonchev–Trinajstić information content (AvgIpc) is 2.65. The number of amides is 1. The second-order valence-electron chi connectivity index (χ2n) is 7.33. The van der Waals surface area contributed by atoms with Gasteiger partial charge in [-0.25, -0.2) is 4.39 Å². The number of nitrogens with one attached hydrogen (secondary N) is 1. The fourth-order valence-electron chi connectivity index (χ4n) is 2.85. The molecule has 0 spiro atoms. The van der Waals surface area contributed by atoms with Crippen LogP contribution in [0, 0.1) is 5.82 Å². The Labute approximate surface area is 138 Å². The predicted octanol–water partition coefficient (Wildman–Crippen LogP) is 2.25. The van der Waals surface area contributed by atoms with Gasteiger partial charge in [-0.15, -0.1) is 0 Å². The Kier molecular flexibility index (Phi) is 6.13. The lowest BCUT2D eigenvalue weighted by atomic mass is 10.1. The predicted molar refractivity (Wildman–Crippen MR) is 90.6 cm³/mol. The Morgan fingerprint density at radius 2 is 1.70 bits per heavy atom. The van der Waals surface area contributed by atoms with Crippen molar-refractivity contribution in [2.75, 3.05) is 32.7 Å². The molecule has 0 atom stereocenters. The van der Waals surface area contributed by atoms with Gasteiger partial charge in [0.15, 0.2) is 0 Å². The van der Waals surface area contributed by atoms with Gasteiger partial charge >= 0.3 is 0 Å². The zero-order chi connectivity index (χ0) is 16.9. The molecule has 128 valence electrons. The second-order valence-corrected chi connectivity index (χ2v) is 7.33. The molecule has 1 fully saturated rings. The first-order valence-electron chi connectivity index (χ1n) is 8.32. The van der Waals surface area contributed by atoms with E-state index in [1.165, 1.54) is 12.1 Å². The zero-order valence-corrected chi connectivity index (χ0v) is 14.4. The summed E-state index contributed by atoms with van der Waals surface area (Å²) in [6.45, 7) is 11.1. The summed E-state index contributed by atoms with van der Waals surface area (Å²) in [5.41, 5.74) is 0.947. The van der Waals surface area contributed by atoms with E-state index in [9.17, 15) is 9.18 Å². The molecular formula is C18H28FN3O. The normalized spacial score (nSPS) is 17.7. The maximum absolute atomic E-state index is 13.0. The molecule has 1 aliphatic heterocycles. The van der Waals surface area contributed by atoms with Crippen molar-refractivity contribution in [3.8, 4) is 0 Å². The lowest BCUT2D eigenvalue weighted by Crippen LogP contribution is -2.46. The monoisotopic (exact) mass is 321 g/mol. The average molecular weight is 321 g/mol. The van der Waals surface area contributed by atoms with Crippen molar-refractivity contribution in [1.29, 1.82) is 0 Å². The summed E-state index contributed by atoms with van der Waals surface area (Å²) in [5.74, 6) is -0.106. The van der Waals surface area contributed by atoms with Gasteiger partial charge in [0.1, 0.15) is 5.82 Å². The van der Waals surface area contributed by atoms with Gasteiger partial charge in [-0.2, -0.15) is 0 Å². The summed E-state index contributed by atoms with van der Waals surface area (Å²) in [6, 6.07) is 6.70. The van der Waals surface area contributed by atoms with Gasteiger partial charge in [0.25, 0.3) is 0 Å². The van der Waals surface area contributed by atoms with Crippen LogP contribution in [0.5, 0.6) is 0 Å². The molecule has 0 aliphatic carbocycles. The van der Waals surface area contributed by atoms with Crippen molar-refractivity contribution >= 4 is 5.91 Å². The van der Waals surface area contributed by atoms with Crippen LogP contribution in [0.3, 0.4) is 0 Å². The fraction of sp³-hybridized carbons (Fsp3) is 0.611. The third-order valence-electron chi connectivity index (χ3n) is 3.88. The van der Waals surface area contributed by atoms with Crippen LogP contribution >= 0.6 is 0 Å². The molecule has 1 heterocycles. The van der Waals surface area contributed by atoms with Crippen LogP contribution in [-0.2, 0) is 11.3 Å². The number of rotatable bonds is 4. The molecule has 0 aromatic heterocycles. The largest absolute Gasteiger partial charge is 0.350 e. The van der Waals surface area contributed by atoms with Crippen molar-refractivity contribution in [3.63, 3.8) is 0 Å². The van der Waals surface area contributed by atoms with E-state index in [1.54, 1.807) is 0 Å². The minimum atomic E-state index is -0.194. The van der Waals surface area contributed by atoms with Gasteiger partial charge in [0, 0.05) is 25.2 Å².